The van der Waals surface area contributed by atoms with Crippen molar-refractivity contribution in [3.8, 4) is 0 Å². The number of aliphatic hydroxyl groups is 3. The lowest BCUT2D eigenvalue weighted by atomic mass is 10.0. The fourth-order valence-electron chi connectivity index (χ4n) is 4.09. The molecule has 0 bridgehead atoms. The average Bonchev–Trinajstić information content (AvgIpc) is 3.54. The number of rotatable bonds is 20. The molecule has 0 radical (unpaired) electrons. The predicted molar refractivity (Wildman–Crippen MR) is 134 cm³/mol. The van der Waals surface area contributed by atoms with Gasteiger partial charge in [0.15, 0.2) is 18.3 Å². The van der Waals surface area contributed by atoms with Gasteiger partial charge < -0.3 is 28.9 Å². The van der Waals surface area contributed by atoms with Gasteiger partial charge in [-0.1, -0.05) is 71.1 Å². The molecule has 2 heterocycles. The monoisotopic (exact) mass is 508 g/mol. The van der Waals surface area contributed by atoms with Crippen LogP contribution in [0.4, 0.5) is 0 Å². The van der Waals surface area contributed by atoms with E-state index in [4.69, 9.17) is 13.6 Å². The van der Waals surface area contributed by atoms with Crippen molar-refractivity contribution in [2.45, 2.75) is 128 Å². The Hall–Kier alpha value is -2.23. The average molecular weight is 509 g/mol. The zero-order valence-electron chi connectivity index (χ0n) is 21.8. The van der Waals surface area contributed by atoms with Gasteiger partial charge >= 0.3 is 5.97 Å². The molecule has 0 unspecified atom stereocenters. The number of carbonyl (C=O) groups excluding carboxylic acids is 1. The SMILES string of the molecule is CCCCCCCCCCCCCC(=O)O[C@H](C[C@H](O)[C@H](O)[C@H](C)O)c1cnc(Cc2cnco2)o1. The van der Waals surface area contributed by atoms with E-state index in [1.54, 1.807) is 6.20 Å². The van der Waals surface area contributed by atoms with Crippen molar-refractivity contribution >= 4 is 5.97 Å². The van der Waals surface area contributed by atoms with Crippen LogP contribution in [0.25, 0.3) is 0 Å². The molecule has 36 heavy (non-hydrogen) atoms. The maximum absolute atomic E-state index is 12.5. The van der Waals surface area contributed by atoms with Crippen molar-refractivity contribution in [3.63, 3.8) is 0 Å². The predicted octanol–water partition coefficient (Wildman–Crippen LogP) is 5.03. The zero-order chi connectivity index (χ0) is 26.2. The minimum atomic E-state index is -1.38. The van der Waals surface area contributed by atoms with Gasteiger partial charge in [0.25, 0.3) is 0 Å². The van der Waals surface area contributed by atoms with E-state index in [0.717, 1.165) is 19.3 Å². The van der Waals surface area contributed by atoms with Gasteiger partial charge in [0.05, 0.1) is 31.0 Å². The lowest BCUT2D eigenvalue weighted by Gasteiger charge is -2.24. The van der Waals surface area contributed by atoms with E-state index in [-0.39, 0.29) is 25.0 Å². The van der Waals surface area contributed by atoms with Crippen LogP contribution >= 0.6 is 0 Å². The Morgan fingerprint density at radius 3 is 2.19 bits per heavy atom. The number of esters is 1. The van der Waals surface area contributed by atoms with E-state index < -0.39 is 30.4 Å². The Bertz CT molecular complexity index is 822. The van der Waals surface area contributed by atoms with E-state index in [1.165, 1.54) is 70.9 Å². The number of aromatic nitrogens is 2. The summed E-state index contributed by atoms with van der Waals surface area (Å²) in [6.07, 6.45) is 13.0. The van der Waals surface area contributed by atoms with Crippen molar-refractivity contribution in [2.24, 2.45) is 0 Å². The standard InChI is InChI=1S/C27H44N2O7/c1-3-4-5-6-7-8-9-10-11-12-13-14-26(32)36-23(16-22(31)27(33)20(2)30)24-18-29-25(35-24)15-21-17-28-19-34-21/h17-20,22-23,27,30-31,33H,3-16H2,1-2H3/t20-,22-,23+,27+/m0/s1. The molecule has 2 rings (SSSR count). The van der Waals surface area contributed by atoms with Gasteiger partial charge in [-0.3, -0.25) is 4.79 Å². The third kappa shape index (κ3) is 11.7. The summed E-state index contributed by atoms with van der Waals surface area (Å²) in [5.41, 5.74) is 0. The molecule has 204 valence electrons. The molecule has 0 saturated carbocycles. The van der Waals surface area contributed by atoms with Crippen LogP contribution in [-0.4, -0.2) is 49.6 Å². The summed E-state index contributed by atoms with van der Waals surface area (Å²) in [6, 6.07) is 0. The summed E-state index contributed by atoms with van der Waals surface area (Å²) < 4.78 is 16.6. The molecule has 9 nitrogen and oxygen atoms in total. The van der Waals surface area contributed by atoms with Gasteiger partial charge in [-0.2, -0.15) is 0 Å². The third-order valence-corrected chi connectivity index (χ3v) is 6.30. The van der Waals surface area contributed by atoms with Crippen LogP contribution in [0.1, 0.15) is 121 Å². The Labute approximate surface area is 214 Å². The van der Waals surface area contributed by atoms with Crippen LogP contribution in [0.5, 0.6) is 0 Å². The Kier molecular flexibility index (Phi) is 14.4. The molecule has 3 N–H and O–H groups in total. The van der Waals surface area contributed by atoms with E-state index in [0.29, 0.717) is 11.7 Å². The first kappa shape index (κ1) is 30.0. The molecular weight excluding hydrogens is 464 g/mol. The molecule has 0 aliphatic rings. The molecule has 0 amide bonds. The molecule has 2 aromatic heterocycles. The molecule has 0 aromatic carbocycles. The van der Waals surface area contributed by atoms with Crippen molar-refractivity contribution in [2.75, 3.05) is 0 Å². The number of carbonyl (C=O) groups is 1. The number of aliphatic hydroxyl groups excluding tert-OH is 3. The summed E-state index contributed by atoms with van der Waals surface area (Å²) in [7, 11) is 0. The number of unbranched alkanes of at least 4 members (excludes halogenated alkanes) is 10. The lowest BCUT2D eigenvalue weighted by molar-refractivity contribution is -0.154. The Balaban J connectivity index is 1.78. The number of oxazole rings is 2. The topological polar surface area (TPSA) is 139 Å². The third-order valence-electron chi connectivity index (χ3n) is 6.30. The quantitative estimate of drug-likeness (QED) is 0.166. The van der Waals surface area contributed by atoms with Crippen molar-refractivity contribution in [1.82, 2.24) is 9.97 Å². The largest absolute Gasteiger partial charge is 0.454 e. The van der Waals surface area contributed by atoms with Crippen LogP contribution < -0.4 is 0 Å². The normalized spacial score (nSPS) is 14.9. The number of hydrogen-bond acceptors (Lipinski definition) is 9. The van der Waals surface area contributed by atoms with Crippen LogP contribution in [0.2, 0.25) is 0 Å². The Morgan fingerprint density at radius 1 is 0.972 bits per heavy atom. The van der Waals surface area contributed by atoms with E-state index in [9.17, 15) is 20.1 Å². The zero-order valence-corrected chi connectivity index (χ0v) is 21.8. The fraction of sp³-hybridized carbons (Fsp3) is 0.741. The van der Waals surface area contributed by atoms with Crippen molar-refractivity contribution in [3.05, 3.63) is 36.2 Å². The first-order valence-corrected chi connectivity index (χ1v) is 13.5. The van der Waals surface area contributed by atoms with E-state index in [1.807, 2.05) is 0 Å². The fourth-order valence-corrected chi connectivity index (χ4v) is 4.09. The first-order chi connectivity index (χ1) is 17.4. The highest BCUT2D eigenvalue weighted by Gasteiger charge is 2.30. The second-order valence-electron chi connectivity index (χ2n) is 9.60. The molecular formula is C27H44N2O7. The van der Waals surface area contributed by atoms with Crippen molar-refractivity contribution in [1.29, 1.82) is 0 Å². The van der Waals surface area contributed by atoms with Crippen LogP contribution in [0, 0.1) is 0 Å². The maximum atomic E-state index is 12.5. The summed E-state index contributed by atoms with van der Waals surface area (Å²) in [5, 5.41) is 30.0. The molecule has 4 atom stereocenters. The van der Waals surface area contributed by atoms with Gasteiger partial charge in [-0.05, 0) is 13.3 Å². The van der Waals surface area contributed by atoms with Crippen LogP contribution in [-0.2, 0) is 16.0 Å². The lowest BCUT2D eigenvalue weighted by Crippen LogP contribution is -2.37. The summed E-state index contributed by atoms with van der Waals surface area (Å²) in [4.78, 5) is 20.6. The second kappa shape index (κ2) is 17.3. The summed E-state index contributed by atoms with van der Waals surface area (Å²) in [6.45, 7) is 3.61. The van der Waals surface area contributed by atoms with Gasteiger partial charge in [-0.15, -0.1) is 0 Å². The first-order valence-electron chi connectivity index (χ1n) is 13.5. The number of ether oxygens (including phenoxy) is 1. The molecule has 0 aliphatic carbocycles. The maximum Gasteiger partial charge on any atom is 0.306 e. The molecule has 0 aliphatic heterocycles. The molecule has 0 fully saturated rings. The smallest absolute Gasteiger partial charge is 0.306 e. The van der Waals surface area contributed by atoms with E-state index in [2.05, 4.69) is 16.9 Å². The highest BCUT2D eigenvalue weighted by molar-refractivity contribution is 5.69. The highest BCUT2D eigenvalue weighted by Crippen LogP contribution is 2.27. The number of nitrogens with zero attached hydrogens (tertiary/aromatic N) is 2. The van der Waals surface area contributed by atoms with Gasteiger partial charge in [0.1, 0.15) is 11.9 Å². The van der Waals surface area contributed by atoms with Gasteiger partial charge in [0, 0.05) is 12.8 Å². The van der Waals surface area contributed by atoms with E-state index >= 15 is 0 Å². The number of hydrogen-bond donors (Lipinski definition) is 3. The molecule has 9 heteroatoms. The molecule has 0 saturated heterocycles. The van der Waals surface area contributed by atoms with Crippen LogP contribution in [0.15, 0.2) is 27.6 Å². The highest BCUT2D eigenvalue weighted by atomic mass is 16.6. The van der Waals surface area contributed by atoms with Gasteiger partial charge in [0.2, 0.25) is 5.89 Å². The minimum Gasteiger partial charge on any atom is -0.454 e. The van der Waals surface area contributed by atoms with Crippen LogP contribution in [0.3, 0.4) is 0 Å². The minimum absolute atomic E-state index is 0.132. The Morgan fingerprint density at radius 2 is 1.61 bits per heavy atom. The summed E-state index contributed by atoms with van der Waals surface area (Å²) in [5.74, 6) is 0.771. The summed E-state index contributed by atoms with van der Waals surface area (Å²) >= 11 is 0. The second-order valence-corrected chi connectivity index (χ2v) is 9.60. The molecule has 0 spiro atoms. The molecule has 2 aromatic rings. The van der Waals surface area contributed by atoms with Gasteiger partial charge in [-0.25, -0.2) is 9.97 Å². The van der Waals surface area contributed by atoms with Crippen molar-refractivity contribution < 1.29 is 33.7 Å².